The summed E-state index contributed by atoms with van der Waals surface area (Å²) in [5.41, 5.74) is 7.06. The standard InChI is InChI=1S/C12H11ClN2O.C2H6O.CH4O3S/c13-11-7-9(14)4-5-12(11)16-8-10-3-1-2-6-15-10;1-2-3;1-5(2,3)4/h1-7H,8,14H2;3H,2H2,1H3;1H3,(H,2,3,4). The fourth-order valence-corrected chi connectivity index (χ4v) is 1.51. The normalized spacial score (nSPS) is 9.88. The van der Waals surface area contributed by atoms with E-state index in [1.807, 2.05) is 18.2 Å². The lowest BCUT2D eigenvalue weighted by atomic mass is 10.3. The van der Waals surface area contributed by atoms with Crippen LogP contribution in [0.5, 0.6) is 5.75 Å². The van der Waals surface area contributed by atoms with Crippen molar-refractivity contribution in [2.24, 2.45) is 0 Å². The Morgan fingerprint density at radius 1 is 1.29 bits per heavy atom. The Bertz CT molecular complexity index is 688. The maximum absolute atomic E-state index is 9.19. The Labute approximate surface area is 146 Å². The summed E-state index contributed by atoms with van der Waals surface area (Å²) < 4.78 is 31.4. The molecule has 4 N–H and O–H groups in total. The first-order valence-electron chi connectivity index (χ1n) is 6.78. The van der Waals surface area contributed by atoms with Crippen LogP contribution in [0.15, 0.2) is 42.6 Å². The first-order valence-corrected chi connectivity index (χ1v) is 9.01. The lowest BCUT2D eigenvalue weighted by Crippen LogP contribution is -1.98. The average Bonchev–Trinajstić information content (AvgIpc) is 2.46. The van der Waals surface area contributed by atoms with Crippen LogP contribution in [-0.4, -0.2) is 35.9 Å². The van der Waals surface area contributed by atoms with Crippen LogP contribution in [0.2, 0.25) is 5.02 Å². The third-order valence-electron chi connectivity index (χ3n) is 2.06. The Morgan fingerprint density at radius 2 is 1.88 bits per heavy atom. The first kappa shape index (κ1) is 22.1. The van der Waals surface area contributed by atoms with E-state index in [4.69, 9.17) is 31.7 Å². The molecule has 0 aliphatic rings. The maximum atomic E-state index is 9.19. The predicted molar refractivity (Wildman–Crippen MR) is 94.7 cm³/mol. The van der Waals surface area contributed by atoms with Crippen LogP contribution < -0.4 is 10.5 Å². The zero-order chi connectivity index (χ0) is 18.6. The van der Waals surface area contributed by atoms with E-state index in [1.54, 1.807) is 31.3 Å². The van der Waals surface area contributed by atoms with E-state index in [-0.39, 0.29) is 6.61 Å². The number of aliphatic hydroxyl groups is 1. The number of ether oxygens (including phenoxy) is 1. The number of nitrogen functional groups attached to an aromatic ring is 1. The molecule has 24 heavy (non-hydrogen) atoms. The third-order valence-corrected chi connectivity index (χ3v) is 2.35. The maximum Gasteiger partial charge on any atom is 0.261 e. The SMILES string of the molecule is CCO.CS(=O)(=O)O.Nc1ccc(OCc2ccccn2)c(Cl)c1. The van der Waals surface area contributed by atoms with Gasteiger partial charge < -0.3 is 15.6 Å². The highest BCUT2D eigenvalue weighted by Gasteiger charge is 2.02. The zero-order valence-electron chi connectivity index (χ0n) is 13.4. The van der Waals surface area contributed by atoms with Crippen LogP contribution in [0.4, 0.5) is 5.69 Å². The molecule has 0 bridgehead atoms. The van der Waals surface area contributed by atoms with E-state index >= 15 is 0 Å². The topological polar surface area (TPSA) is 123 Å². The largest absolute Gasteiger partial charge is 0.486 e. The number of benzene rings is 1. The molecule has 2 aromatic rings. The molecular weight excluding hydrogens is 356 g/mol. The molecule has 1 aromatic heterocycles. The number of hydrogen-bond donors (Lipinski definition) is 3. The van der Waals surface area contributed by atoms with E-state index in [0.717, 1.165) is 5.69 Å². The van der Waals surface area contributed by atoms with Gasteiger partial charge >= 0.3 is 0 Å². The second-order valence-corrected chi connectivity index (χ2v) is 6.22. The molecular formula is C15H21ClN2O5S. The monoisotopic (exact) mass is 376 g/mol. The molecule has 9 heteroatoms. The zero-order valence-corrected chi connectivity index (χ0v) is 15.0. The van der Waals surface area contributed by atoms with Gasteiger partial charge in [0.1, 0.15) is 12.4 Å². The van der Waals surface area contributed by atoms with Gasteiger partial charge in [0.05, 0.1) is 17.0 Å². The van der Waals surface area contributed by atoms with Crippen molar-refractivity contribution in [1.29, 1.82) is 0 Å². The van der Waals surface area contributed by atoms with Crippen molar-refractivity contribution >= 4 is 27.4 Å². The van der Waals surface area contributed by atoms with Gasteiger partial charge in [-0.05, 0) is 37.3 Å². The molecule has 0 spiro atoms. The molecule has 0 amide bonds. The Hall–Kier alpha value is -1.87. The summed E-state index contributed by atoms with van der Waals surface area (Å²) in [5.74, 6) is 0.613. The molecule has 1 heterocycles. The molecule has 0 saturated heterocycles. The minimum Gasteiger partial charge on any atom is -0.486 e. The fourth-order valence-electron chi connectivity index (χ4n) is 1.27. The minimum atomic E-state index is -3.67. The Kier molecular flexibility index (Phi) is 10.7. The molecule has 0 atom stereocenters. The number of hydrogen-bond acceptors (Lipinski definition) is 6. The van der Waals surface area contributed by atoms with E-state index in [9.17, 15) is 8.42 Å². The summed E-state index contributed by atoms with van der Waals surface area (Å²) in [6.45, 7) is 2.32. The van der Waals surface area contributed by atoms with Crippen molar-refractivity contribution in [1.82, 2.24) is 4.98 Å². The number of halogens is 1. The lowest BCUT2D eigenvalue weighted by molar-refractivity contribution is 0.301. The highest BCUT2D eigenvalue weighted by atomic mass is 35.5. The number of pyridine rings is 1. The highest BCUT2D eigenvalue weighted by Crippen LogP contribution is 2.26. The van der Waals surface area contributed by atoms with Crippen molar-refractivity contribution in [3.05, 3.63) is 53.3 Å². The van der Waals surface area contributed by atoms with Gasteiger partial charge in [-0.1, -0.05) is 17.7 Å². The molecule has 2 rings (SSSR count). The van der Waals surface area contributed by atoms with Gasteiger partial charge in [-0.2, -0.15) is 8.42 Å². The van der Waals surface area contributed by atoms with Gasteiger partial charge in [0.2, 0.25) is 0 Å². The second-order valence-electron chi connectivity index (χ2n) is 4.35. The van der Waals surface area contributed by atoms with E-state index < -0.39 is 10.1 Å². The molecule has 0 radical (unpaired) electrons. The number of rotatable bonds is 3. The van der Waals surface area contributed by atoms with Crippen LogP contribution in [-0.2, 0) is 16.7 Å². The van der Waals surface area contributed by atoms with E-state index in [0.29, 0.717) is 29.3 Å². The van der Waals surface area contributed by atoms with Crippen molar-refractivity contribution in [3.8, 4) is 5.75 Å². The molecule has 7 nitrogen and oxygen atoms in total. The van der Waals surface area contributed by atoms with Gasteiger partial charge in [0.25, 0.3) is 10.1 Å². The predicted octanol–water partition coefficient (Wildman–Crippen LogP) is 2.40. The van der Waals surface area contributed by atoms with E-state index in [2.05, 4.69) is 4.98 Å². The van der Waals surface area contributed by atoms with Crippen molar-refractivity contribution in [2.75, 3.05) is 18.6 Å². The van der Waals surface area contributed by atoms with Gasteiger partial charge in [0, 0.05) is 18.5 Å². The van der Waals surface area contributed by atoms with Crippen molar-refractivity contribution in [2.45, 2.75) is 13.5 Å². The minimum absolute atomic E-state index is 0.250. The van der Waals surface area contributed by atoms with Crippen LogP contribution in [0, 0.1) is 0 Å². The summed E-state index contributed by atoms with van der Waals surface area (Å²) in [5, 5.41) is 8.08. The van der Waals surface area contributed by atoms with Crippen LogP contribution in [0.25, 0.3) is 0 Å². The Balaban J connectivity index is 0.000000559. The molecule has 0 fully saturated rings. The summed E-state index contributed by atoms with van der Waals surface area (Å²) in [7, 11) is -3.67. The highest BCUT2D eigenvalue weighted by molar-refractivity contribution is 7.85. The number of aliphatic hydroxyl groups excluding tert-OH is 1. The quantitative estimate of drug-likeness (QED) is 0.555. The molecule has 1 aromatic carbocycles. The van der Waals surface area contributed by atoms with E-state index in [1.165, 1.54) is 0 Å². The molecule has 0 aliphatic carbocycles. The third kappa shape index (κ3) is 12.7. The van der Waals surface area contributed by atoms with Crippen LogP contribution in [0.1, 0.15) is 12.6 Å². The lowest BCUT2D eigenvalue weighted by Gasteiger charge is -2.07. The van der Waals surface area contributed by atoms with Crippen LogP contribution in [0.3, 0.4) is 0 Å². The van der Waals surface area contributed by atoms with Gasteiger partial charge in [0.15, 0.2) is 0 Å². The Morgan fingerprint density at radius 3 is 2.33 bits per heavy atom. The molecule has 0 saturated carbocycles. The van der Waals surface area contributed by atoms with Gasteiger partial charge in [-0.25, -0.2) is 0 Å². The van der Waals surface area contributed by atoms with Gasteiger partial charge in [-0.15, -0.1) is 0 Å². The second kappa shape index (κ2) is 11.6. The fraction of sp³-hybridized carbons (Fsp3) is 0.267. The number of nitrogens with two attached hydrogens (primary N) is 1. The first-order chi connectivity index (χ1) is 11.2. The molecule has 0 unspecified atom stereocenters. The van der Waals surface area contributed by atoms with Crippen LogP contribution >= 0.6 is 11.6 Å². The summed E-state index contributed by atoms with van der Waals surface area (Å²) in [6.07, 6.45) is 2.44. The molecule has 0 aliphatic heterocycles. The van der Waals surface area contributed by atoms with Gasteiger partial charge in [-0.3, -0.25) is 9.54 Å². The molecule has 134 valence electrons. The van der Waals surface area contributed by atoms with Crippen molar-refractivity contribution in [3.63, 3.8) is 0 Å². The summed E-state index contributed by atoms with van der Waals surface area (Å²) in [6, 6.07) is 10.8. The van der Waals surface area contributed by atoms with Crippen molar-refractivity contribution < 1.29 is 22.8 Å². The smallest absolute Gasteiger partial charge is 0.261 e. The number of aromatic nitrogens is 1. The number of anilines is 1. The summed E-state index contributed by atoms with van der Waals surface area (Å²) >= 11 is 5.97. The summed E-state index contributed by atoms with van der Waals surface area (Å²) in [4.78, 5) is 4.15. The number of nitrogens with zero attached hydrogens (tertiary/aromatic N) is 1. The average molecular weight is 377 g/mol.